The second-order valence-corrected chi connectivity index (χ2v) is 4.91. The number of hydrogen-bond donors (Lipinski definition) is 3. The molecule has 0 unspecified atom stereocenters. The van der Waals surface area contributed by atoms with Gasteiger partial charge in [0.15, 0.2) is 16.6 Å². The Balaban J connectivity index is 2.55. The molecule has 1 rings (SSSR count). The van der Waals surface area contributed by atoms with Crippen LogP contribution in [-0.4, -0.2) is 34.3 Å². The largest absolute Gasteiger partial charge is 0.476 e. The van der Waals surface area contributed by atoms with E-state index in [1.807, 2.05) is 0 Å². The van der Waals surface area contributed by atoms with Crippen molar-refractivity contribution in [2.45, 2.75) is 26.2 Å². The fourth-order valence-corrected chi connectivity index (χ4v) is 2.28. The van der Waals surface area contributed by atoms with Gasteiger partial charge in [0.05, 0.1) is 0 Å². The number of rotatable bonds is 8. The number of carbonyl (C=O) groups is 3. The maximum atomic E-state index is 11.3. The zero-order chi connectivity index (χ0) is 14.4. The van der Waals surface area contributed by atoms with Crippen molar-refractivity contribution in [1.82, 2.24) is 4.98 Å². The van der Waals surface area contributed by atoms with E-state index in [-0.39, 0.29) is 22.3 Å². The minimum absolute atomic E-state index is 0.132. The first-order chi connectivity index (χ1) is 8.91. The van der Waals surface area contributed by atoms with Crippen LogP contribution in [0.5, 0.6) is 0 Å². The van der Waals surface area contributed by atoms with Gasteiger partial charge in [-0.05, 0) is 12.8 Å². The number of nitrogens with one attached hydrogen (secondary N) is 1. The Labute approximate surface area is 113 Å². The predicted octanol–water partition coefficient (Wildman–Crippen LogP) is 1.11. The van der Waals surface area contributed by atoms with Crippen molar-refractivity contribution in [2.24, 2.45) is 5.73 Å². The fraction of sp³-hybridized carbons (Fsp3) is 0.455. The Bertz CT molecular complexity index is 467. The smallest absolute Gasteiger partial charge is 0.356 e. The lowest BCUT2D eigenvalue weighted by Crippen LogP contribution is -2.11. The average Bonchev–Trinajstić information content (AvgIpc) is 2.72. The Morgan fingerprint density at radius 2 is 2.05 bits per heavy atom. The van der Waals surface area contributed by atoms with Crippen LogP contribution in [0.15, 0.2) is 0 Å². The van der Waals surface area contributed by atoms with E-state index in [0.29, 0.717) is 30.9 Å². The highest BCUT2D eigenvalue weighted by molar-refractivity contribution is 7.17. The first-order valence-corrected chi connectivity index (χ1v) is 6.50. The van der Waals surface area contributed by atoms with E-state index in [0.717, 1.165) is 11.3 Å². The van der Waals surface area contributed by atoms with Gasteiger partial charge >= 0.3 is 5.97 Å². The molecule has 0 aliphatic heterocycles. The normalized spacial score (nSPS) is 10.2. The quantitative estimate of drug-likeness (QED) is 0.485. The van der Waals surface area contributed by atoms with Crippen molar-refractivity contribution in [3.63, 3.8) is 0 Å². The zero-order valence-corrected chi connectivity index (χ0v) is 11.2. The lowest BCUT2D eigenvalue weighted by Gasteiger charge is -2.00. The predicted molar refractivity (Wildman–Crippen MR) is 70.6 cm³/mol. The van der Waals surface area contributed by atoms with E-state index in [9.17, 15) is 14.4 Å². The SMILES string of the molecule is CC(=O)c1sc(NCCCCC(N)=O)nc1C(=O)O. The van der Waals surface area contributed by atoms with E-state index in [1.54, 1.807) is 0 Å². The van der Waals surface area contributed by atoms with Gasteiger partial charge in [-0.3, -0.25) is 9.59 Å². The summed E-state index contributed by atoms with van der Waals surface area (Å²) in [4.78, 5) is 36.7. The molecule has 1 aromatic heterocycles. The molecule has 0 aromatic carbocycles. The minimum Gasteiger partial charge on any atom is -0.476 e. The number of unbranched alkanes of at least 4 members (excludes halogenated alkanes) is 1. The third-order valence-corrected chi connectivity index (χ3v) is 3.39. The number of hydrogen-bond acceptors (Lipinski definition) is 6. The highest BCUT2D eigenvalue weighted by Crippen LogP contribution is 2.23. The number of carboxylic acid groups (broad SMARTS) is 1. The van der Waals surface area contributed by atoms with E-state index in [1.165, 1.54) is 6.92 Å². The summed E-state index contributed by atoms with van der Waals surface area (Å²) in [5.41, 5.74) is 4.78. The number of Topliss-reactive ketones (excluding diaryl/α,β-unsaturated/α-hetero) is 1. The van der Waals surface area contributed by atoms with Gasteiger partial charge in [0.25, 0.3) is 0 Å². The topological polar surface area (TPSA) is 122 Å². The van der Waals surface area contributed by atoms with Gasteiger partial charge in [0.2, 0.25) is 5.91 Å². The maximum Gasteiger partial charge on any atom is 0.356 e. The van der Waals surface area contributed by atoms with Crippen LogP contribution < -0.4 is 11.1 Å². The number of carbonyl (C=O) groups excluding carboxylic acids is 2. The third kappa shape index (κ3) is 4.66. The van der Waals surface area contributed by atoms with Gasteiger partial charge in [0.1, 0.15) is 4.88 Å². The van der Waals surface area contributed by atoms with Crippen LogP contribution in [-0.2, 0) is 4.79 Å². The summed E-state index contributed by atoms with van der Waals surface area (Å²) in [6.45, 7) is 1.84. The first-order valence-electron chi connectivity index (χ1n) is 5.69. The van der Waals surface area contributed by atoms with Gasteiger partial charge in [-0.25, -0.2) is 9.78 Å². The number of carboxylic acids is 1. The molecule has 1 aromatic rings. The molecule has 4 N–H and O–H groups in total. The Kier molecular flexibility index (Phi) is 5.43. The van der Waals surface area contributed by atoms with Crippen LogP contribution in [0.3, 0.4) is 0 Å². The van der Waals surface area contributed by atoms with Crippen LogP contribution in [0.2, 0.25) is 0 Å². The van der Waals surface area contributed by atoms with Gasteiger partial charge in [0, 0.05) is 19.9 Å². The lowest BCUT2D eigenvalue weighted by atomic mass is 10.2. The second-order valence-electron chi connectivity index (χ2n) is 3.91. The molecule has 0 saturated carbocycles. The molecule has 1 amide bonds. The van der Waals surface area contributed by atoms with Crippen molar-refractivity contribution >= 4 is 34.1 Å². The van der Waals surface area contributed by atoms with Crippen LogP contribution in [0.1, 0.15) is 46.3 Å². The summed E-state index contributed by atoms with van der Waals surface area (Å²) in [6.07, 6.45) is 1.68. The molecule has 0 bridgehead atoms. The van der Waals surface area contributed by atoms with Crippen LogP contribution >= 0.6 is 11.3 Å². The van der Waals surface area contributed by atoms with Gasteiger partial charge in [-0.1, -0.05) is 11.3 Å². The summed E-state index contributed by atoms with van der Waals surface area (Å²) >= 11 is 1.02. The van der Waals surface area contributed by atoms with Crippen LogP contribution in [0, 0.1) is 0 Å². The molecule has 7 nitrogen and oxygen atoms in total. The van der Waals surface area contributed by atoms with E-state index in [4.69, 9.17) is 10.8 Å². The minimum atomic E-state index is -1.22. The van der Waals surface area contributed by atoms with Crippen molar-refractivity contribution in [3.8, 4) is 0 Å². The Hall–Kier alpha value is -1.96. The number of anilines is 1. The van der Waals surface area contributed by atoms with E-state index < -0.39 is 5.97 Å². The molecule has 0 spiro atoms. The lowest BCUT2D eigenvalue weighted by molar-refractivity contribution is -0.118. The van der Waals surface area contributed by atoms with Crippen LogP contribution in [0.4, 0.5) is 5.13 Å². The first kappa shape index (κ1) is 15.1. The number of amides is 1. The van der Waals surface area contributed by atoms with Gasteiger partial charge < -0.3 is 16.2 Å². The zero-order valence-electron chi connectivity index (χ0n) is 10.4. The average molecular weight is 285 g/mol. The van der Waals surface area contributed by atoms with Gasteiger partial charge in [-0.2, -0.15) is 0 Å². The molecule has 0 aliphatic carbocycles. The number of nitrogens with two attached hydrogens (primary N) is 1. The second kappa shape index (κ2) is 6.83. The van der Waals surface area contributed by atoms with Crippen molar-refractivity contribution in [3.05, 3.63) is 10.6 Å². The summed E-state index contributed by atoms with van der Waals surface area (Å²) in [5, 5.41) is 12.2. The molecular formula is C11H15N3O4S. The van der Waals surface area contributed by atoms with Crippen LogP contribution in [0.25, 0.3) is 0 Å². The molecular weight excluding hydrogens is 270 g/mol. The molecule has 19 heavy (non-hydrogen) atoms. The Morgan fingerprint density at radius 3 is 2.53 bits per heavy atom. The number of aromatic carboxylic acids is 1. The third-order valence-electron chi connectivity index (χ3n) is 2.28. The molecule has 0 saturated heterocycles. The molecule has 1 heterocycles. The monoisotopic (exact) mass is 285 g/mol. The van der Waals surface area contributed by atoms with Crippen molar-refractivity contribution in [1.29, 1.82) is 0 Å². The molecule has 0 atom stereocenters. The number of aromatic nitrogens is 1. The molecule has 0 radical (unpaired) electrons. The number of primary amides is 1. The molecule has 0 aliphatic rings. The van der Waals surface area contributed by atoms with Crippen molar-refractivity contribution in [2.75, 3.05) is 11.9 Å². The number of thiazole rings is 1. The van der Waals surface area contributed by atoms with Gasteiger partial charge in [-0.15, -0.1) is 0 Å². The molecule has 8 heteroatoms. The number of ketones is 1. The standard InChI is InChI=1S/C11H15N3O4S/c1-6(15)9-8(10(17)18)14-11(19-9)13-5-3-2-4-7(12)16/h2-5H2,1H3,(H2,12,16)(H,13,14)(H,17,18). The summed E-state index contributed by atoms with van der Waals surface area (Å²) in [6, 6.07) is 0. The number of nitrogens with zero attached hydrogens (tertiary/aromatic N) is 1. The highest BCUT2D eigenvalue weighted by Gasteiger charge is 2.20. The van der Waals surface area contributed by atoms with E-state index >= 15 is 0 Å². The van der Waals surface area contributed by atoms with E-state index in [2.05, 4.69) is 10.3 Å². The van der Waals surface area contributed by atoms with Crippen molar-refractivity contribution < 1.29 is 19.5 Å². The molecule has 0 fully saturated rings. The highest BCUT2D eigenvalue weighted by atomic mass is 32.1. The summed E-state index contributed by atoms with van der Waals surface area (Å²) in [7, 11) is 0. The molecule has 104 valence electrons. The fourth-order valence-electron chi connectivity index (χ4n) is 1.40. The summed E-state index contributed by atoms with van der Waals surface area (Å²) < 4.78 is 0. The Morgan fingerprint density at radius 1 is 1.37 bits per heavy atom. The summed E-state index contributed by atoms with van der Waals surface area (Å²) in [5.74, 6) is -1.89. The maximum absolute atomic E-state index is 11.3.